The van der Waals surface area contributed by atoms with E-state index < -0.39 is 0 Å². The van der Waals surface area contributed by atoms with E-state index in [4.69, 9.17) is 5.26 Å². The van der Waals surface area contributed by atoms with E-state index in [1.54, 1.807) is 12.3 Å². The molecule has 2 nitrogen and oxygen atoms in total. The maximum absolute atomic E-state index is 8.54. The van der Waals surface area contributed by atoms with Gasteiger partial charge in [-0.05, 0) is 12.1 Å². The monoisotopic (exact) mass is 190 g/mol. The molecule has 0 radical (unpaired) electrons. The Bertz CT molecular complexity index is 299. The van der Waals surface area contributed by atoms with Gasteiger partial charge in [0.05, 0.1) is 5.56 Å². The SMILES string of the molecule is CC.CC(C)(C)c1ccc(C#N)cn1. The van der Waals surface area contributed by atoms with Crippen LogP contribution in [0.1, 0.15) is 45.9 Å². The molecule has 0 fully saturated rings. The Kier molecular flexibility index (Phi) is 4.86. The van der Waals surface area contributed by atoms with Gasteiger partial charge in [0.2, 0.25) is 0 Å². The summed E-state index contributed by atoms with van der Waals surface area (Å²) >= 11 is 0. The Morgan fingerprint density at radius 1 is 1.21 bits per heavy atom. The molecule has 0 N–H and O–H groups in total. The minimum Gasteiger partial charge on any atom is -0.259 e. The number of rotatable bonds is 0. The lowest BCUT2D eigenvalue weighted by Gasteiger charge is -2.16. The first-order valence-corrected chi connectivity index (χ1v) is 4.90. The summed E-state index contributed by atoms with van der Waals surface area (Å²) < 4.78 is 0. The summed E-state index contributed by atoms with van der Waals surface area (Å²) in [5.74, 6) is 0. The van der Waals surface area contributed by atoms with Crippen LogP contribution in [0.3, 0.4) is 0 Å². The zero-order valence-corrected chi connectivity index (χ0v) is 9.63. The van der Waals surface area contributed by atoms with Crippen molar-refractivity contribution in [1.82, 2.24) is 4.98 Å². The fourth-order valence-electron chi connectivity index (χ4n) is 0.904. The highest BCUT2D eigenvalue weighted by Crippen LogP contribution is 2.19. The highest BCUT2D eigenvalue weighted by molar-refractivity contribution is 5.28. The first-order valence-electron chi connectivity index (χ1n) is 4.90. The smallest absolute Gasteiger partial charge is 0.101 e. The predicted molar refractivity (Wildman–Crippen MR) is 59.0 cm³/mol. The third kappa shape index (κ3) is 3.57. The zero-order valence-electron chi connectivity index (χ0n) is 9.63. The van der Waals surface area contributed by atoms with Gasteiger partial charge in [-0.25, -0.2) is 0 Å². The number of hydrogen-bond donors (Lipinski definition) is 0. The Balaban J connectivity index is 0.000000791. The van der Waals surface area contributed by atoms with Crippen molar-refractivity contribution in [1.29, 1.82) is 5.26 Å². The Labute approximate surface area is 86.6 Å². The lowest BCUT2D eigenvalue weighted by Crippen LogP contribution is -2.12. The fourth-order valence-corrected chi connectivity index (χ4v) is 0.904. The molecule has 1 heterocycles. The van der Waals surface area contributed by atoms with E-state index in [2.05, 4.69) is 25.8 Å². The molecule has 2 heteroatoms. The van der Waals surface area contributed by atoms with Crippen LogP contribution in [0, 0.1) is 11.3 Å². The van der Waals surface area contributed by atoms with Crippen molar-refractivity contribution in [2.45, 2.75) is 40.0 Å². The highest BCUT2D eigenvalue weighted by Gasteiger charge is 2.14. The Hall–Kier alpha value is -1.36. The van der Waals surface area contributed by atoms with Crippen molar-refractivity contribution in [3.05, 3.63) is 29.6 Å². The normalized spacial score (nSPS) is 9.71. The van der Waals surface area contributed by atoms with Crippen LogP contribution in [-0.4, -0.2) is 4.98 Å². The van der Waals surface area contributed by atoms with Crippen LogP contribution in [0.4, 0.5) is 0 Å². The van der Waals surface area contributed by atoms with Gasteiger partial charge in [0, 0.05) is 17.3 Å². The van der Waals surface area contributed by atoms with Gasteiger partial charge in [-0.3, -0.25) is 4.98 Å². The van der Waals surface area contributed by atoms with Crippen LogP contribution in [0.2, 0.25) is 0 Å². The van der Waals surface area contributed by atoms with Crippen molar-refractivity contribution in [2.24, 2.45) is 0 Å². The van der Waals surface area contributed by atoms with E-state index in [1.165, 1.54) is 0 Å². The van der Waals surface area contributed by atoms with Gasteiger partial charge in [-0.15, -0.1) is 0 Å². The molecule has 1 aromatic rings. The van der Waals surface area contributed by atoms with E-state index >= 15 is 0 Å². The van der Waals surface area contributed by atoms with E-state index in [9.17, 15) is 0 Å². The van der Waals surface area contributed by atoms with Crippen LogP contribution < -0.4 is 0 Å². The molecule has 0 aliphatic heterocycles. The zero-order chi connectivity index (χ0) is 11.2. The average molecular weight is 190 g/mol. The van der Waals surface area contributed by atoms with Gasteiger partial charge in [-0.2, -0.15) is 5.26 Å². The maximum atomic E-state index is 8.54. The molecule has 0 unspecified atom stereocenters. The van der Waals surface area contributed by atoms with E-state index in [0.717, 1.165) is 5.69 Å². The summed E-state index contributed by atoms with van der Waals surface area (Å²) in [5.41, 5.74) is 1.69. The highest BCUT2D eigenvalue weighted by atomic mass is 14.7. The summed E-state index contributed by atoms with van der Waals surface area (Å²) in [5, 5.41) is 8.54. The second kappa shape index (κ2) is 5.39. The molecule has 0 saturated carbocycles. The molecular weight excluding hydrogens is 172 g/mol. The molecule has 0 aromatic carbocycles. The topological polar surface area (TPSA) is 36.7 Å². The number of hydrogen-bond acceptors (Lipinski definition) is 2. The standard InChI is InChI=1S/C10H12N2.C2H6/c1-10(2,3)9-5-4-8(6-11)7-12-9;1-2/h4-5,7H,1-3H3;1-2H3. The second-order valence-electron chi connectivity index (χ2n) is 3.79. The summed E-state index contributed by atoms with van der Waals surface area (Å²) in [6.07, 6.45) is 1.61. The minimum atomic E-state index is 0.0635. The van der Waals surface area contributed by atoms with Crippen molar-refractivity contribution >= 4 is 0 Å². The largest absolute Gasteiger partial charge is 0.259 e. The molecule has 0 aliphatic rings. The lowest BCUT2D eigenvalue weighted by molar-refractivity contribution is 0.569. The molecule has 0 atom stereocenters. The molecule has 0 spiro atoms. The molecule has 1 rings (SSSR count). The Morgan fingerprint density at radius 2 is 1.79 bits per heavy atom. The van der Waals surface area contributed by atoms with Crippen molar-refractivity contribution in [3.8, 4) is 6.07 Å². The summed E-state index contributed by atoms with van der Waals surface area (Å²) in [6.45, 7) is 10.3. The van der Waals surface area contributed by atoms with Gasteiger partial charge in [-0.1, -0.05) is 34.6 Å². The van der Waals surface area contributed by atoms with E-state index in [0.29, 0.717) is 5.56 Å². The number of nitriles is 1. The van der Waals surface area contributed by atoms with Crippen LogP contribution in [0.5, 0.6) is 0 Å². The lowest BCUT2D eigenvalue weighted by atomic mass is 9.91. The molecule has 0 saturated heterocycles. The molecule has 1 aromatic heterocycles. The second-order valence-corrected chi connectivity index (χ2v) is 3.79. The van der Waals surface area contributed by atoms with Crippen LogP contribution in [0.15, 0.2) is 18.3 Å². The number of aromatic nitrogens is 1. The average Bonchev–Trinajstić information content (AvgIpc) is 2.20. The third-order valence-electron chi connectivity index (χ3n) is 1.66. The summed E-state index contributed by atoms with van der Waals surface area (Å²) in [6, 6.07) is 5.74. The van der Waals surface area contributed by atoms with Gasteiger partial charge in [0.25, 0.3) is 0 Å². The molecule has 0 amide bonds. The van der Waals surface area contributed by atoms with E-state index in [-0.39, 0.29) is 5.41 Å². The number of nitrogens with zero attached hydrogens (tertiary/aromatic N) is 2. The van der Waals surface area contributed by atoms with Crippen molar-refractivity contribution in [2.75, 3.05) is 0 Å². The molecular formula is C12H18N2. The third-order valence-corrected chi connectivity index (χ3v) is 1.66. The quantitative estimate of drug-likeness (QED) is 0.629. The van der Waals surface area contributed by atoms with Gasteiger partial charge in [0.1, 0.15) is 6.07 Å². The maximum Gasteiger partial charge on any atom is 0.101 e. The van der Waals surface area contributed by atoms with Gasteiger partial charge in [0.15, 0.2) is 0 Å². The van der Waals surface area contributed by atoms with E-state index in [1.807, 2.05) is 26.0 Å². The molecule has 0 aliphatic carbocycles. The van der Waals surface area contributed by atoms with Crippen molar-refractivity contribution < 1.29 is 0 Å². The fraction of sp³-hybridized carbons (Fsp3) is 0.500. The summed E-state index contributed by atoms with van der Waals surface area (Å²) in [7, 11) is 0. The molecule has 14 heavy (non-hydrogen) atoms. The van der Waals surface area contributed by atoms with Gasteiger partial charge < -0.3 is 0 Å². The van der Waals surface area contributed by atoms with Crippen molar-refractivity contribution in [3.63, 3.8) is 0 Å². The molecule has 76 valence electrons. The molecule has 0 bridgehead atoms. The van der Waals surface area contributed by atoms with Crippen LogP contribution in [0.25, 0.3) is 0 Å². The number of pyridine rings is 1. The minimum absolute atomic E-state index is 0.0635. The van der Waals surface area contributed by atoms with Crippen LogP contribution in [-0.2, 0) is 5.41 Å². The van der Waals surface area contributed by atoms with Gasteiger partial charge >= 0.3 is 0 Å². The predicted octanol–water partition coefficient (Wildman–Crippen LogP) is 3.28. The summed E-state index contributed by atoms with van der Waals surface area (Å²) in [4.78, 5) is 4.20. The van der Waals surface area contributed by atoms with Crippen LogP contribution >= 0.6 is 0 Å². The Morgan fingerprint density at radius 3 is 2.07 bits per heavy atom. The first kappa shape index (κ1) is 12.6. The first-order chi connectivity index (χ1) is 6.54.